The van der Waals surface area contributed by atoms with Crippen LogP contribution in [0.15, 0.2) is 12.1 Å². The lowest BCUT2D eigenvalue weighted by Gasteiger charge is -2.07. The van der Waals surface area contributed by atoms with Crippen molar-refractivity contribution in [2.45, 2.75) is 12.3 Å². The number of rotatable bonds is 2. The number of hydrogen-bond donors (Lipinski definition) is 0. The second-order valence-corrected chi connectivity index (χ2v) is 3.44. The average molecular weight is 261 g/mol. The van der Waals surface area contributed by atoms with E-state index in [0.717, 1.165) is 5.56 Å². The van der Waals surface area contributed by atoms with Gasteiger partial charge in [-0.2, -0.15) is 0 Å². The van der Waals surface area contributed by atoms with Crippen molar-refractivity contribution in [2.75, 3.05) is 7.11 Å². The summed E-state index contributed by atoms with van der Waals surface area (Å²) < 4.78 is 17.7. The molecule has 76 valence electrons. The molecule has 1 aromatic rings. The number of carbonyl (C=O) groups is 1. The molecular formula is C10H10BrFO2. The minimum atomic E-state index is -0.515. The summed E-state index contributed by atoms with van der Waals surface area (Å²) in [6.07, 6.45) is 0. The number of esters is 1. The molecule has 0 spiro atoms. The van der Waals surface area contributed by atoms with Gasteiger partial charge in [0, 0.05) is 5.33 Å². The number of ether oxygens (including phenoxy) is 1. The van der Waals surface area contributed by atoms with E-state index in [1.807, 2.05) is 0 Å². The van der Waals surface area contributed by atoms with Crippen LogP contribution in [0.1, 0.15) is 21.5 Å². The van der Waals surface area contributed by atoms with Crippen LogP contribution in [0.5, 0.6) is 0 Å². The maximum atomic E-state index is 13.2. The van der Waals surface area contributed by atoms with E-state index < -0.39 is 11.8 Å². The summed E-state index contributed by atoms with van der Waals surface area (Å²) in [5.74, 6) is -0.909. The molecule has 0 aliphatic heterocycles. The Morgan fingerprint density at radius 1 is 1.57 bits per heavy atom. The highest BCUT2D eigenvalue weighted by atomic mass is 79.9. The van der Waals surface area contributed by atoms with Gasteiger partial charge in [0.2, 0.25) is 0 Å². The van der Waals surface area contributed by atoms with Gasteiger partial charge in [0.1, 0.15) is 5.82 Å². The van der Waals surface area contributed by atoms with E-state index in [4.69, 9.17) is 0 Å². The van der Waals surface area contributed by atoms with Crippen LogP contribution in [0.4, 0.5) is 4.39 Å². The van der Waals surface area contributed by atoms with Gasteiger partial charge in [0.05, 0.1) is 12.7 Å². The van der Waals surface area contributed by atoms with Gasteiger partial charge in [0.15, 0.2) is 0 Å². The van der Waals surface area contributed by atoms with E-state index in [9.17, 15) is 9.18 Å². The summed E-state index contributed by atoms with van der Waals surface area (Å²) in [5.41, 5.74) is 1.52. The summed E-state index contributed by atoms with van der Waals surface area (Å²) in [4.78, 5) is 11.2. The second kappa shape index (κ2) is 4.55. The molecule has 0 saturated carbocycles. The van der Waals surface area contributed by atoms with E-state index in [1.165, 1.54) is 13.2 Å². The Morgan fingerprint density at radius 2 is 2.21 bits per heavy atom. The maximum absolute atomic E-state index is 13.2. The molecule has 2 nitrogen and oxygen atoms in total. The van der Waals surface area contributed by atoms with Crippen LogP contribution in [0.3, 0.4) is 0 Å². The summed E-state index contributed by atoms with van der Waals surface area (Å²) in [7, 11) is 1.28. The zero-order valence-corrected chi connectivity index (χ0v) is 9.52. The van der Waals surface area contributed by atoms with Crippen molar-refractivity contribution >= 4 is 21.9 Å². The van der Waals surface area contributed by atoms with Crippen molar-refractivity contribution in [3.8, 4) is 0 Å². The Hall–Kier alpha value is -0.900. The predicted octanol–water partition coefficient (Wildman–Crippen LogP) is 2.82. The van der Waals surface area contributed by atoms with Gasteiger partial charge in [-0.15, -0.1) is 0 Å². The largest absolute Gasteiger partial charge is 0.465 e. The van der Waals surface area contributed by atoms with Gasteiger partial charge in [-0.05, 0) is 24.1 Å². The molecule has 0 heterocycles. The highest BCUT2D eigenvalue weighted by Crippen LogP contribution is 2.18. The first kappa shape index (κ1) is 11.2. The van der Waals surface area contributed by atoms with E-state index in [-0.39, 0.29) is 5.56 Å². The molecule has 4 heteroatoms. The van der Waals surface area contributed by atoms with Crippen LogP contribution in [-0.2, 0) is 10.1 Å². The van der Waals surface area contributed by atoms with Crippen molar-refractivity contribution in [2.24, 2.45) is 0 Å². The molecule has 0 amide bonds. The number of hydrogen-bond acceptors (Lipinski definition) is 2. The van der Waals surface area contributed by atoms with Gasteiger partial charge < -0.3 is 4.74 Å². The predicted molar refractivity (Wildman–Crippen MR) is 55.1 cm³/mol. The Labute approximate surface area is 90.2 Å². The molecule has 0 radical (unpaired) electrons. The molecule has 1 rings (SSSR count). The molecule has 0 atom stereocenters. The number of aryl methyl sites for hydroxylation is 1. The van der Waals surface area contributed by atoms with Crippen molar-refractivity contribution in [1.29, 1.82) is 0 Å². The monoisotopic (exact) mass is 260 g/mol. The Bertz CT molecular complexity index is 363. The van der Waals surface area contributed by atoms with Crippen LogP contribution in [-0.4, -0.2) is 13.1 Å². The number of halogens is 2. The third-order valence-electron chi connectivity index (χ3n) is 1.93. The minimum Gasteiger partial charge on any atom is -0.465 e. The van der Waals surface area contributed by atoms with Crippen molar-refractivity contribution in [3.63, 3.8) is 0 Å². The maximum Gasteiger partial charge on any atom is 0.338 e. The molecular weight excluding hydrogens is 251 g/mol. The fraction of sp³-hybridized carbons (Fsp3) is 0.300. The van der Waals surface area contributed by atoms with Crippen molar-refractivity contribution in [3.05, 3.63) is 34.6 Å². The second-order valence-electron chi connectivity index (χ2n) is 2.88. The van der Waals surface area contributed by atoms with Gasteiger partial charge >= 0.3 is 5.97 Å². The van der Waals surface area contributed by atoms with Crippen LogP contribution in [0, 0.1) is 12.7 Å². The minimum absolute atomic E-state index is 0.271. The number of alkyl halides is 1. The molecule has 0 aliphatic rings. The fourth-order valence-electron chi connectivity index (χ4n) is 1.15. The molecule has 0 bridgehead atoms. The molecule has 14 heavy (non-hydrogen) atoms. The van der Waals surface area contributed by atoms with Crippen LogP contribution >= 0.6 is 15.9 Å². The highest BCUT2D eigenvalue weighted by molar-refractivity contribution is 9.08. The van der Waals surface area contributed by atoms with Crippen LogP contribution in [0.2, 0.25) is 0 Å². The normalized spacial score (nSPS) is 10.0. The summed E-state index contributed by atoms with van der Waals surface area (Å²) in [6.45, 7) is 1.66. The van der Waals surface area contributed by atoms with Gasteiger partial charge in [-0.25, -0.2) is 9.18 Å². The first-order valence-electron chi connectivity index (χ1n) is 4.03. The summed E-state index contributed by atoms with van der Waals surface area (Å²) >= 11 is 3.23. The first-order valence-corrected chi connectivity index (χ1v) is 5.15. The lowest BCUT2D eigenvalue weighted by molar-refractivity contribution is 0.0599. The lowest BCUT2D eigenvalue weighted by Crippen LogP contribution is -2.06. The number of methoxy groups -OCH3 is 1. The number of benzene rings is 1. The lowest BCUT2D eigenvalue weighted by atomic mass is 10.1. The highest BCUT2D eigenvalue weighted by Gasteiger charge is 2.13. The van der Waals surface area contributed by atoms with E-state index >= 15 is 0 Å². The smallest absolute Gasteiger partial charge is 0.338 e. The SMILES string of the molecule is COC(=O)c1cc(F)c(C)cc1CBr. The molecule has 0 N–H and O–H groups in total. The van der Waals surface area contributed by atoms with Crippen molar-refractivity contribution in [1.82, 2.24) is 0 Å². The zero-order valence-electron chi connectivity index (χ0n) is 7.93. The average Bonchev–Trinajstić information content (AvgIpc) is 2.20. The summed E-state index contributed by atoms with van der Waals surface area (Å²) in [6, 6.07) is 2.84. The van der Waals surface area contributed by atoms with Gasteiger partial charge in [0.25, 0.3) is 0 Å². The third kappa shape index (κ3) is 2.12. The molecule has 0 saturated heterocycles. The quantitative estimate of drug-likeness (QED) is 0.604. The van der Waals surface area contributed by atoms with Crippen molar-refractivity contribution < 1.29 is 13.9 Å². The molecule has 0 unspecified atom stereocenters. The van der Waals surface area contributed by atoms with E-state index in [0.29, 0.717) is 10.9 Å². The standard InChI is InChI=1S/C10H10BrFO2/c1-6-3-7(5-11)8(4-9(6)12)10(13)14-2/h3-4H,5H2,1-2H3. The van der Waals surface area contributed by atoms with Gasteiger partial charge in [-0.1, -0.05) is 22.0 Å². The molecule has 0 aliphatic carbocycles. The molecule has 0 aromatic heterocycles. The Balaban J connectivity index is 3.27. The van der Waals surface area contributed by atoms with Crippen LogP contribution < -0.4 is 0 Å². The first-order chi connectivity index (χ1) is 6.60. The zero-order chi connectivity index (χ0) is 10.7. The Kier molecular flexibility index (Phi) is 3.63. The molecule has 1 aromatic carbocycles. The Morgan fingerprint density at radius 3 is 2.71 bits per heavy atom. The third-order valence-corrected chi connectivity index (χ3v) is 2.54. The topological polar surface area (TPSA) is 26.3 Å². The van der Waals surface area contributed by atoms with Gasteiger partial charge in [-0.3, -0.25) is 0 Å². The number of carbonyl (C=O) groups excluding carboxylic acids is 1. The van der Waals surface area contributed by atoms with Crippen LogP contribution in [0.25, 0.3) is 0 Å². The van der Waals surface area contributed by atoms with E-state index in [2.05, 4.69) is 20.7 Å². The van der Waals surface area contributed by atoms with E-state index in [1.54, 1.807) is 13.0 Å². The fourth-order valence-corrected chi connectivity index (χ4v) is 1.62. The molecule has 0 fully saturated rings. The summed E-state index contributed by atoms with van der Waals surface area (Å²) in [5, 5.41) is 0.499.